The van der Waals surface area contributed by atoms with Gasteiger partial charge in [-0.3, -0.25) is 14.5 Å². The number of benzene rings is 1. The molecule has 6 rings (SSSR count). The molecule has 1 N–H and O–H groups in total. The molecule has 0 unspecified atom stereocenters. The summed E-state index contributed by atoms with van der Waals surface area (Å²) in [7, 11) is 0. The Hall–Kier alpha value is -3.26. The second-order valence-corrected chi connectivity index (χ2v) is 9.58. The van der Waals surface area contributed by atoms with Crippen molar-refractivity contribution in [2.45, 2.75) is 44.2 Å². The van der Waals surface area contributed by atoms with E-state index in [1.54, 1.807) is 16.9 Å². The van der Waals surface area contributed by atoms with Gasteiger partial charge in [0.05, 0.1) is 6.20 Å². The zero-order valence-electron chi connectivity index (χ0n) is 19.2. The van der Waals surface area contributed by atoms with E-state index in [-0.39, 0.29) is 12.4 Å². The zero-order chi connectivity index (χ0) is 23.5. The summed E-state index contributed by atoms with van der Waals surface area (Å²) in [4.78, 5) is 31.2. The molecule has 3 aromatic rings. The van der Waals surface area contributed by atoms with Gasteiger partial charge in [-0.05, 0) is 55.7 Å². The van der Waals surface area contributed by atoms with Crippen LogP contribution in [0, 0.1) is 11.8 Å². The lowest BCUT2D eigenvalue weighted by Gasteiger charge is -2.57. The van der Waals surface area contributed by atoms with Crippen LogP contribution >= 0.6 is 0 Å². The van der Waals surface area contributed by atoms with Crippen molar-refractivity contribution in [3.63, 3.8) is 0 Å². The standard InChI is InChI=1S/C25H29N5O.CH2O2/c31-25(21-15-27-30-12-6-10-26-24(21)30)28-16-19-14-20(17-28)23(13-18-7-2-1-3-8-18)29-11-5-4-9-22(19)29;2-1-3/h1-3,6-8,10,12,15,19-20,22-23H,4-5,9,11,13-14,16-17H2;1H,(H,2,3)/t19-,20+,22+,23+;/m1./s1. The summed E-state index contributed by atoms with van der Waals surface area (Å²) in [5, 5.41) is 11.2. The minimum Gasteiger partial charge on any atom is -0.483 e. The first-order chi connectivity index (χ1) is 16.7. The number of carbonyl (C=O) groups is 2. The van der Waals surface area contributed by atoms with Crippen LogP contribution in [0.1, 0.15) is 41.6 Å². The molecule has 5 heterocycles. The van der Waals surface area contributed by atoms with Gasteiger partial charge >= 0.3 is 0 Å². The van der Waals surface area contributed by atoms with Gasteiger partial charge in [0.15, 0.2) is 5.65 Å². The molecule has 3 fully saturated rings. The van der Waals surface area contributed by atoms with E-state index in [0.717, 1.165) is 19.5 Å². The third-order valence-electron chi connectivity index (χ3n) is 7.71. The van der Waals surface area contributed by atoms with E-state index in [1.165, 1.54) is 37.8 Å². The van der Waals surface area contributed by atoms with Crippen LogP contribution in [-0.2, 0) is 11.2 Å². The Labute approximate surface area is 199 Å². The average molecular weight is 462 g/mol. The number of hydrogen-bond acceptors (Lipinski definition) is 5. The summed E-state index contributed by atoms with van der Waals surface area (Å²) >= 11 is 0. The van der Waals surface area contributed by atoms with Crippen molar-refractivity contribution in [3.05, 3.63) is 66.1 Å². The van der Waals surface area contributed by atoms with Crippen LogP contribution in [-0.4, -0.2) is 73.6 Å². The number of aromatic nitrogens is 3. The number of hydrogen-bond donors (Lipinski definition) is 1. The smallest absolute Gasteiger partial charge is 0.290 e. The van der Waals surface area contributed by atoms with Gasteiger partial charge in [0.2, 0.25) is 0 Å². The SMILES string of the molecule is O=C(c1cnn2cccnc12)N1C[C@H]2C[C@@H](C1)[C@H](Cc1ccccc1)N1CCCC[C@@H]21.O=CO. The van der Waals surface area contributed by atoms with Gasteiger partial charge in [0.1, 0.15) is 5.56 Å². The first-order valence-electron chi connectivity index (χ1n) is 12.1. The van der Waals surface area contributed by atoms with Gasteiger partial charge in [-0.1, -0.05) is 36.8 Å². The number of fused-ring (bicyclic) bond motifs is 5. The number of carbonyl (C=O) groups excluding carboxylic acids is 1. The van der Waals surface area contributed by atoms with Crippen molar-refractivity contribution in [3.8, 4) is 0 Å². The molecule has 34 heavy (non-hydrogen) atoms. The molecule has 2 aromatic heterocycles. The Balaban J connectivity index is 0.000000764. The molecule has 8 nitrogen and oxygen atoms in total. The summed E-state index contributed by atoms with van der Waals surface area (Å²) in [5.74, 6) is 1.18. The van der Waals surface area contributed by atoms with E-state index < -0.39 is 0 Å². The first-order valence-corrected chi connectivity index (χ1v) is 12.1. The minimum absolute atomic E-state index is 0.0890. The number of rotatable bonds is 3. The van der Waals surface area contributed by atoms with E-state index in [1.807, 2.05) is 12.3 Å². The molecular weight excluding hydrogens is 430 g/mol. The molecule has 1 amide bonds. The Morgan fingerprint density at radius 1 is 1.12 bits per heavy atom. The van der Waals surface area contributed by atoms with Crippen molar-refractivity contribution in [2.75, 3.05) is 19.6 Å². The number of nitrogens with zero attached hydrogens (tertiary/aromatic N) is 5. The summed E-state index contributed by atoms with van der Waals surface area (Å²) < 4.78 is 1.69. The maximum absolute atomic E-state index is 13.5. The fourth-order valence-corrected chi connectivity index (χ4v) is 6.36. The van der Waals surface area contributed by atoms with Gasteiger partial charge in [-0.25, -0.2) is 9.50 Å². The average Bonchev–Trinajstić information content (AvgIpc) is 3.31. The lowest BCUT2D eigenvalue weighted by atomic mass is 9.71. The quantitative estimate of drug-likeness (QED) is 0.603. The maximum atomic E-state index is 13.5. The highest BCUT2D eigenvalue weighted by molar-refractivity contribution is 5.99. The van der Waals surface area contributed by atoms with Crippen molar-refractivity contribution in [1.82, 2.24) is 24.4 Å². The van der Waals surface area contributed by atoms with Crippen LogP contribution in [0.2, 0.25) is 0 Å². The van der Waals surface area contributed by atoms with Gasteiger partial charge in [-0.15, -0.1) is 0 Å². The summed E-state index contributed by atoms with van der Waals surface area (Å²) in [5.41, 5.74) is 2.69. The summed E-state index contributed by atoms with van der Waals surface area (Å²) in [6.45, 7) is 2.65. The minimum atomic E-state index is -0.250. The van der Waals surface area contributed by atoms with Gasteiger partial charge in [-0.2, -0.15) is 5.10 Å². The third-order valence-corrected chi connectivity index (χ3v) is 7.71. The highest BCUT2D eigenvalue weighted by Crippen LogP contribution is 2.42. The first kappa shape index (κ1) is 22.5. The van der Waals surface area contributed by atoms with E-state index >= 15 is 0 Å². The van der Waals surface area contributed by atoms with Gasteiger partial charge < -0.3 is 10.0 Å². The second kappa shape index (κ2) is 9.93. The topological polar surface area (TPSA) is 91.0 Å². The highest BCUT2D eigenvalue weighted by atomic mass is 16.3. The van der Waals surface area contributed by atoms with Crippen LogP contribution in [0.5, 0.6) is 0 Å². The van der Waals surface area contributed by atoms with Crippen LogP contribution in [0.3, 0.4) is 0 Å². The van der Waals surface area contributed by atoms with Crippen molar-refractivity contribution < 1.29 is 14.7 Å². The number of likely N-dealkylation sites (tertiary alicyclic amines) is 1. The van der Waals surface area contributed by atoms with Crippen LogP contribution in [0.15, 0.2) is 55.0 Å². The van der Waals surface area contributed by atoms with Crippen LogP contribution in [0.4, 0.5) is 0 Å². The largest absolute Gasteiger partial charge is 0.483 e. The molecule has 1 aromatic carbocycles. The number of amides is 1. The van der Waals surface area contributed by atoms with Gasteiger partial charge in [0, 0.05) is 37.6 Å². The number of carboxylic acid groups (broad SMARTS) is 1. The predicted octanol–water partition coefficient (Wildman–Crippen LogP) is 2.99. The lowest BCUT2D eigenvalue weighted by molar-refractivity contribution is -0.122. The molecule has 0 radical (unpaired) electrons. The number of piperidine rings is 3. The molecule has 3 aliphatic heterocycles. The van der Waals surface area contributed by atoms with Crippen molar-refractivity contribution >= 4 is 18.0 Å². The Kier molecular flexibility index (Phi) is 6.58. The van der Waals surface area contributed by atoms with Gasteiger partial charge in [0.25, 0.3) is 12.4 Å². The summed E-state index contributed by atoms with van der Waals surface area (Å²) in [6, 6.07) is 13.8. The molecule has 0 aliphatic carbocycles. The van der Waals surface area contributed by atoms with E-state index in [0.29, 0.717) is 35.1 Å². The second-order valence-electron chi connectivity index (χ2n) is 9.58. The molecule has 3 aliphatic rings. The fraction of sp³-hybridized carbons (Fsp3) is 0.462. The molecule has 178 valence electrons. The molecule has 0 spiro atoms. The van der Waals surface area contributed by atoms with Crippen molar-refractivity contribution in [1.29, 1.82) is 0 Å². The predicted molar refractivity (Wildman–Crippen MR) is 127 cm³/mol. The van der Waals surface area contributed by atoms with E-state index in [2.05, 4.69) is 50.2 Å². The maximum Gasteiger partial charge on any atom is 0.290 e. The molecule has 0 saturated carbocycles. The van der Waals surface area contributed by atoms with E-state index in [9.17, 15) is 4.79 Å². The zero-order valence-corrected chi connectivity index (χ0v) is 19.2. The molecule has 8 heteroatoms. The highest BCUT2D eigenvalue weighted by Gasteiger charge is 2.48. The Morgan fingerprint density at radius 3 is 2.74 bits per heavy atom. The Bertz CT molecular complexity index is 1130. The van der Waals surface area contributed by atoms with Crippen molar-refractivity contribution in [2.24, 2.45) is 11.8 Å². The fourth-order valence-electron chi connectivity index (χ4n) is 6.36. The third kappa shape index (κ3) is 4.30. The molecule has 2 bridgehead atoms. The Morgan fingerprint density at radius 2 is 1.91 bits per heavy atom. The van der Waals surface area contributed by atoms with Crippen LogP contribution < -0.4 is 0 Å². The van der Waals surface area contributed by atoms with E-state index in [4.69, 9.17) is 9.90 Å². The monoisotopic (exact) mass is 461 g/mol. The molecular formula is C26H31N5O3. The molecule has 4 atom stereocenters. The van der Waals surface area contributed by atoms with Crippen LogP contribution in [0.25, 0.3) is 5.65 Å². The molecule has 3 saturated heterocycles. The lowest BCUT2D eigenvalue weighted by Crippen LogP contribution is -2.64. The summed E-state index contributed by atoms with van der Waals surface area (Å²) in [6.07, 6.45) is 11.5. The normalized spacial score (nSPS) is 26.3.